The van der Waals surface area contributed by atoms with Crippen molar-refractivity contribution in [3.8, 4) is 0 Å². The predicted molar refractivity (Wildman–Crippen MR) is 82.1 cm³/mol. The van der Waals surface area contributed by atoms with Gasteiger partial charge in [0.25, 0.3) is 0 Å². The zero-order valence-electron chi connectivity index (χ0n) is 12.7. The van der Waals surface area contributed by atoms with E-state index in [1.165, 1.54) is 30.5 Å². The van der Waals surface area contributed by atoms with Crippen molar-refractivity contribution in [3.05, 3.63) is 35.4 Å². The summed E-state index contributed by atoms with van der Waals surface area (Å²) in [6, 6.07) is 9.85. The highest BCUT2D eigenvalue weighted by molar-refractivity contribution is 5.22. The molecule has 2 heteroatoms. The summed E-state index contributed by atoms with van der Waals surface area (Å²) in [4.78, 5) is 2.61. The Bertz CT molecular complexity index is 371. The number of benzene rings is 1. The van der Waals surface area contributed by atoms with Crippen molar-refractivity contribution in [1.29, 1.82) is 0 Å². The van der Waals surface area contributed by atoms with Gasteiger partial charge in [-0.05, 0) is 43.4 Å². The second kappa shape index (κ2) is 7.06. The van der Waals surface area contributed by atoms with Gasteiger partial charge in [-0.15, -0.1) is 0 Å². The van der Waals surface area contributed by atoms with Crippen LogP contribution in [-0.4, -0.2) is 24.0 Å². The van der Waals surface area contributed by atoms with E-state index in [0.29, 0.717) is 0 Å². The molecule has 1 aliphatic heterocycles. The Kier molecular flexibility index (Phi) is 5.41. The minimum atomic E-state index is 0.737. The van der Waals surface area contributed by atoms with Crippen LogP contribution in [0.1, 0.15) is 44.7 Å². The van der Waals surface area contributed by atoms with Gasteiger partial charge in [0.05, 0.1) is 0 Å². The van der Waals surface area contributed by atoms with E-state index >= 15 is 0 Å². The molecule has 19 heavy (non-hydrogen) atoms. The molecule has 2 unspecified atom stereocenters. The molecule has 0 spiro atoms. The minimum absolute atomic E-state index is 0.737. The lowest BCUT2D eigenvalue weighted by molar-refractivity contribution is 0.256. The molecule has 2 atom stereocenters. The summed E-state index contributed by atoms with van der Waals surface area (Å²) in [6.07, 6.45) is 2.54. The van der Waals surface area contributed by atoms with E-state index in [1.54, 1.807) is 0 Å². The van der Waals surface area contributed by atoms with Crippen LogP contribution < -0.4 is 5.32 Å². The second-order valence-electron chi connectivity index (χ2n) is 6.11. The van der Waals surface area contributed by atoms with Crippen molar-refractivity contribution in [2.75, 3.05) is 13.1 Å². The molecule has 0 amide bonds. The fraction of sp³-hybridized carbons (Fsp3) is 0.647. The number of hydrogen-bond acceptors (Lipinski definition) is 2. The molecule has 1 saturated heterocycles. The van der Waals surface area contributed by atoms with Crippen molar-refractivity contribution in [1.82, 2.24) is 10.2 Å². The zero-order chi connectivity index (χ0) is 13.7. The Balaban J connectivity index is 1.84. The lowest BCUT2D eigenvalue weighted by Crippen LogP contribution is -2.26. The molecule has 1 aromatic rings. The first-order valence-corrected chi connectivity index (χ1v) is 7.71. The van der Waals surface area contributed by atoms with Crippen molar-refractivity contribution in [2.24, 2.45) is 5.92 Å². The fourth-order valence-corrected chi connectivity index (χ4v) is 3.01. The third-order valence-corrected chi connectivity index (χ3v) is 4.08. The highest BCUT2D eigenvalue weighted by atomic mass is 15.2. The number of nitrogens with one attached hydrogen (secondary N) is 1. The quantitative estimate of drug-likeness (QED) is 0.789. The Morgan fingerprint density at radius 1 is 1.16 bits per heavy atom. The first-order chi connectivity index (χ1) is 9.19. The Hall–Kier alpha value is -0.860. The van der Waals surface area contributed by atoms with Gasteiger partial charge in [-0.25, -0.2) is 0 Å². The van der Waals surface area contributed by atoms with Crippen LogP contribution in [0, 0.1) is 5.92 Å². The molecule has 1 fully saturated rings. The van der Waals surface area contributed by atoms with Crippen LogP contribution in [0.3, 0.4) is 0 Å². The first kappa shape index (κ1) is 14.5. The van der Waals surface area contributed by atoms with E-state index in [2.05, 4.69) is 55.3 Å². The third-order valence-electron chi connectivity index (χ3n) is 4.08. The molecule has 0 aliphatic carbocycles. The normalized spacial score (nSPS) is 23.9. The number of hydrogen-bond donors (Lipinski definition) is 1. The van der Waals surface area contributed by atoms with Crippen LogP contribution >= 0.6 is 0 Å². The SMILES string of the molecule is CCCNCc1ccc(CN2CC(C)CC2C)cc1. The van der Waals surface area contributed by atoms with Crippen LogP contribution in [0.25, 0.3) is 0 Å². The molecule has 0 bridgehead atoms. The molecule has 1 heterocycles. The molecule has 1 aromatic carbocycles. The van der Waals surface area contributed by atoms with Gasteiger partial charge in [0.15, 0.2) is 0 Å². The van der Waals surface area contributed by atoms with E-state index in [-0.39, 0.29) is 0 Å². The van der Waals surface area contributed by atoms with Gasteiger partial charge in [0.1, 0.15) is 0 Å². The van der Waals surface area contributed by atoms with E-state index < -0.39 is 0 Å². The average molecular weight is 260 g/mol. The molecular formula is C17H28N2. The predicted octanol–water partition coefficient (Wildman–Crippen LogP) is 3.42. The Morgan fingerprint density at radius 3 is 2.42 bits per heavy atom. The van der Waals surface area contributed by atoms with Crippen LogP contribution in [0.4, 0.5) is 0 Å². The monoisotopic (exact) mass is 260 g/mol. The maximum atomic E-state index is 3.45. The van der Waals surface area contributed by atoms with Gasteiger partial charge in [0, 0.05) is 25.7 Å². The fourth-order valence-electron chi connectivity index (χ4n) is 3.01. The molecule has 2 rings (SSSR count). The zero-order valence-corrected chi connectivity index (χ0v) is 12.7. The summed E-state index contributed by atoms with van der Waals surface area (Å²) in [6.45, 7) is 11.4. The van der Waals surface area contributed by atoms with Gasteiger partial charge in [-0.2, -0.15) is 0 Å². The van der Waals surface area contributed by atoms with Crippen LogP contribution in [0.15, 0.2) is 24.3 Å². The highest BCUT2D eigenvalue weighted by Crippen LogP contribution is 2.24. The average Bonchev–Trinajstić information content (AvgIpc) is 2.70. The van der Waals surface area contributed by atoms with Crippen LogP contribution in [0.2, 0.25) is 0 Å². The molecule has 1 aliphatic rings. The number of rotatable bonds is 6. The van der Waals surface area contributed by atoms with E-state index in [9.17, 15) is 0 Å². The van der Waals surface area contributed by atoms with Crippen molar-refractivity contribution in [2.45, 2.75) is 52.7 Å². The molecular weight excluding hydrogens is 232 g/mol. The summed E-state index contributed by atoms with van der Waals surface area (Å²) in [5, 5.41) is 3.45. The maximum Gasteiger partial charge on any atom is 0.0236 e. The lowest BCUT2D eigenvalue weighted by atomic mass is 10.1. The highest BCUT2D eigenvalue weighted by Gasteiger charge is 2.25. The lowest BCUT2D eigenvalue weighted by Gasteiger charge is -2.21. The maximum absolute atomic E-state index is 3.45. The smallest absolute Gasteiger partial charge is 0.0236 e. The van der Waals surface area contributed by atoms with Crippen molar-refractivity contribution < 1.29 is 0 Å². The van der Waals surface area contributed by atoms with Crippen molar-refractivity contribution in [3.63, 3.8) is 0 Å². The van der Waals surface area contributed by atoms with E-state index in [0.717, 1.165) is 31.6 Å². The Labute approximate surface area is 118 Å². The van der Waals surface area contributed by atoms with E-state index in [4.69, 9.17) is 0 Å². The van der Waals surface area contributed by atoms with Gasteiger partial charge in [-0.1, -0.05) is 38.1 Å². The summed E-state index contributed by atoms with van der Waals surface area (Å²) >= 11 is 0. The third kappa shape index (κ3) is 4.32. The summed E-state index contributed by atoms with van der Waals surface area (Å²) in [5.74, 6) is 0.854. The number of nitrogens with zero attached hydrogens (tertiary/aromatic N) is 1. The standard InChI is InChI=1S/C17H28N2/c1-4-9-18-11-16-5-7-17(8-6-16)13-19-12-14(2)10-15(19)3/h5-8,14-15,18H,4,9-13H2,1-3H3. The summed E-state index contributed by atoms with van der Waals surface area (Å²) in [5.41, 5.74) is 2.83. The Morgan fingerprint density at radius 2 is 1.84 bits per heavy atom. The van der Waals surface area contributed by atoms with Gasteiger partial charge < -0.3 is 5.32 Å². The van der Waals surface area contributed by atoms with Crippen LogP contribution in [0.5, 0.6) is 0 Å². The topological polar surface area (TPSA) is 15.3 Å². The van der Waals surface area contributed by atoms with Gasteiger partial charge in [-0.3, -0.25) is 4.90 Å². The second-order valence-corrected chi connectivity index (χ2v) is 6.11. The molecule has 0 saturated carbocycles. The summed E-state index contributed by atoms with van der Waals surface area (Å²) < 4.78 is 0. The number of likely N-dealkylation sites (tertiary alicyclic amines) is 1. The molecule has 0 aromatic heterocycles. The molecule has 106 valence electrons. The largest absolute Gasteiger partial charge is 0.313 e. The summed E-state index contributed by atoms with van der Waals surface area (Å²) in [7, 11) is 0. The minimum Gasteiger partial charge on any atom is -0.313 e. The molecule has 1 N–H and O–H groups in total. The van der Waals surface area contributed by atoms with Crippen LogP contribution in [-0.2, 0) is 13.1 Å². The van der Waals surface area contributed by atoms with E-state index in [1.807, 2.05) is 0 Å². The van der Waals surface area contributed by atoms with Gasteiger partial charge in [0.2, 0.25) is 0 Å². The molecule has 2 nitrogen and oxygen atoms in total. The van der Waals surface area contributed by atoms with Crippen molar-refractivity contribution >= 4 is 0 Å². The molecule has 0 radical (unpaired) electrons. The first-order valence-electron chi connectivity index (χ1n) is 7.71. The van der Waals surface area contributed by atoms with Gasteiger partial charge >= 0.3 is 0 Å².